The fourth-order valence-electron chi connectivity index (χ4n) is 2.23. The molecule has 0 saturated carbocycles. The van der Waals surface area contributed by atoms with Crippen LogP contribution in [-0.2, 0) is 0 Å². The third kappa shape index (κ3) is 2.84. The van der Waals surface area contributed by atoms with Crippen LogP contribution in [0.5, 0.6) is 5.75 Å². The Morgan fingerprint density at radius 2 is 1.53 bits per heavy atom. The van der Waals surface area contributed by atoms with E-state index in [9.17, 15) is 4.79 Å². The van der Waals surface area contributed by atoms with E-state index in [0.29, 0.717) is 5.56 Å². The largest absolute Gasteiger partial charge is 0.496 e. The van der Waals surface area contributed by atoms with E-state index >= 15 is 0 Å². The highest BCUT2D eigenvalue weighted by Gasteiger charge is 2.11. The highest BCUT2D eigenvalue weighted by Crippen LogP contribution is 2.21. The molecule has 19 heavy (non-hydrogen) atoms. The van der Waals surface area contributed by atoms with Crippen molar-refractivity contribution in [3.63, 3.8) is 0 Å². The van der Waals surface area contributed by atoms with Crippen molar-refractivity contribution in [2.45, 2.75) is 20.8 Å². The first-order valence-electron chi connectivity index (χ1n) is 6.29. The first-order chi connectivity index (χ1) is 9.01. The van der Waals surface area contributed by atoms with Crippen LogP contribution in [0.15, 0.2) is 36.4 Å². The second kappa shape index (κ2) is 5.27. The lowest BCUT2D eigenvalue weighted by atomic mass is 9.98. The van der Waals surface area contributed by atoms with Gasteiger partial charge in [0, 0.05) is 11.1 Å². The summed E-state index contributed by atoms with van der Waals surface area (Å²) in [6, 6.07) is 11.5. The van der Waals surface area contributed by atoms with Gasteiger partial charge >= 0.3 is 0 Å². The summed E-state index contributed by atoms with van der Waals surface area (Å²) in [5, 5.41) is 0. The van der Waals surface area contributed by atoms with Crippen molar-refractivity contribution >= 4 is 5.78 Å². The third-order valence-electron chi connectivity index (χ3n) is 3.15. The van der Waals surface area contributed by atoms with Gasteiger partial charge in [-0.2, -0.15) is 0 Å². The summed E-state index contributed by atoms with van der Waals surface area (Å²) in [6.07, 6.45) is 0. The molecule has 0 amide bonds. The highest BCUT2D eigenvalue weighted by atomic mass is 16.5. The Morgan fingerprint density at radius 1 is 0.895 bits per heavy atom. The molecule has 0 saturated heterocycles. The number of ether oxygens (including phenoxy) is 1. The molecule has 2 aromatic rings. The molecule has 0 aliphatic carbocycles. The molecule has 0 aliphatic rings. The van der Waals surface area contributed by atoms with Gasteiger partial charge in [0.15, 0.2) is 5.78 Å². The zero-order chi connectivity index (χ0) is 14.0. The topological polar surface area (TPSA) is 26.3 Å². The van der Waals surface area contributed by atoms with E-state index in [4.69, 9.17) is 4.74 Å². The number of hydrogen-bond acceptors (Lipinski definition) is 2. The standard InChI is InChI=1S/C17H18O2/c1-11-7-12(2)9-15(8-11)17(18)14-6-5-13(3)16(10-14)19-4/h5-10H,1-4H3. The van der Waals surface area contributed by atoms with Crippen LogP contribution >= 0.6 is 0 Å². The zero-order valence-electron chi connectivity index (χ0n) is 11.8. The maximum atomic E-state index is 12.5. The van der Waals surface area contributed by atoms with E-state index in [0.717, 1.165) is 28.0 Å². The minimum absolute atomic E-state index is 0.0325. The molecule has 2 rings (SSSR count). The first kappa shape index (κ1) is 13.3. The lowest BCUT2D eigenvalue weighted by Crippen LogP contribution is -2.03. The van der Waals surface area contributed by atoms with Crippen LogP contribution in [0, 0.1) is 20.8 Å². The summed E-state index contributed by atoms with van der Waals surface area (Å²) in [4.78, 5) is 12.5. The van der Waals surface area contributed by atoms with Gasteiger partial charge < -0.3 is 4.74 Å². The molecular weight excluding hydrogens is 236 g/mol. The molecule has 0 aliphatic heterocycles. The molecule has 2 nitrogen and oxygen atoms in total. The van der Waals surface area contributed by atoms with Crippen molar-refractivity contribution in [3.8, 4) is 5.75 Å². The number of rotatable bonds is 3. The second-order valence-corrected chi connectivity index (χ2v) is 4.89. The normalized spacial score (nSPS) is 10.3. The van der Waals surface area contributed by atoms with Crippen molar-refractivity contribution in [2.24, 2.45) is 0 Å². The predicted octanol–water partition coefficient (Wildman–Crippen LogP) is 3.85. The van der Waals surface area contributed by atoms with Gasteiger partial charge in [0.25, 0.3) is 0 Å². The monoisotopic (exact) mass is 254 g/mol. The Kier molecular flexibility index (Phi) is 3.70. The van der Waals surface area contributed by atoms with E-state index in [2.05, 4.69) is 6.07 Å². The highest BCUT2D eigenvalue weighted by molar-refractivity contribution is 6.09. The van der Waals surface area contributed by atoms with Crippen LogP contribution in [0.25, 0.3) is 0 Å². The van der Waals surface area contributed by atoms with Crippen LogP contribution < -0.4 is 4.74 Å². The molecule has 0 spiro atoms. The summed E-state index contributed by atoms with van der Waals surface area (Å²) in [7, 11) is 1.62. The quantitative estimate of drug-likeness (QED) is 0.778. The Labute approximate surface area is 114 Å². The fourth-order valence-corrected chi connectivity index (χ4v) is 2.23. The van der Waals surface area contributed by atoms with Crippen molar-refractivity contribution in [1.82, 2.24) is 0 Å². The van der Waals surface area contributed by atoms with Crippen LogP contribution in [-0.4, -0.2) is 12.9 Å². The Balaban J connectivity index is 2.43. The van der Waals surface area contributed by atoms with Crippen LogP contribution in [0.4, 0.5) is 0 Å². The lowest BCUT2D eigenvalue weighted by Gasteiger charge is -2.08. The molecule has 0 atom stereocenters. The number of carbonyl (C=O) groups excluding carboxylic acids is 1. The molecule has 2 aromatic carbocycles. The molecule has 0 unspecified atom stereocenters. The van der Waals surface area contributed by atoms with Gasteiger partial charge in [0.2, 0.25) is 0 Å². The molecule has 0 bridgehead atoms. The second-order valence-electron chi connectivity index (χ2n) is 4.89. The van der Waals surface area contributed by atoms with Gasteiger partial charge in [-0.1, -0.05) is 29.3 Å². The summed E-state index contributed by atoms with van der Waals surface area (Å²) in [5.41, 5.74) is 4.61. The molecule has 0 N–H and O–H groups in total. The van der Waals surface area contributed by atoms with Crippen molar-refractivity contribution in [2.75, 3.05) is 7.11 Å². The number of aryl methyl sites for hydroxylation is 3. The Morgan fingerprint density at radius 3 is 2.11 bits per heavy atom. The Hall–Kier alpha value is -2.09. The minimum atomic E-state index is 0.0325. The molecule has 0 radical (unpaired) electrons. The molecule has 2 heteroatoms. The fraction of sp³-hybridized carbons (Fsp3) is 0.235. The van der Waals surface area contributed by atoms with Gasteiger partial charge in [-0.05, 0) is 44.5 Å². The molecule has 0 aromatic heterocycles. The number of ketones is 1. The first-order valence-corrected chi connectivity index (χ1v) is 6.29. The third-order valence-corrected chi connectivity index (χ3v) is 3.15. The molecular formula is C17H18O2. The summed E-state index contributed by atoms with van der Waals surface area (Å²) in [6.45, 7) is 5.96. The maximum Gasteiger partial charge on any atom is 0.193 e. The smallest absolute Gasteiger partial charge is 0.193 e. The van der Waals surface area contributed by atoms with Crippen LogP contribution in [0.2, 0.25) is 0 Å². The average molecular weight is 254 g/mol. The number of benzene rings is 2. The SMILES string of the molecule is COc1cc(C(=O)c2cc(C)cc(C)c2)ccc1C. The lowest BCUT2D eigenvalue weighted by molar-refractivity contribution is 0.103. The van der Waals surface area contributed by atoms with E-state index in [1.807, 2.05) is 45.0 Å². The molecule has 0 heterocycles. The van der Waals surface area contributed by atoms with E-state index in [1.165, 1.54) is 0 Å². The minimum Gasteiger partial charge on any atom is -0.496 e. The van der Waals surface area contributed by atoms with E-state index in [-0.39, 0.29) is 5.78 Å². The Bertz CT molecular complexity index is 607. The number of methoxy groups -OCH3 is 1. The summed E-state index contributed by atoms with van der Waals surface area (Å²) >= 11 is 0. The van der Waals surface area contributed by atoms with Gasteiger partial charge in [0.05, 0.1) is 7.11 Å². The maximum absolute atomic E-state index is 12.5. The van der Waals surface area contributed by atoms with Gasteiger partial charge in [-0.15, -0.1) is 0 Å². The zero-order valence-corrected chi connectivity index (χ0v) is 11.8. The van der Waals surface area contributed by atoms with Crippen molar-refractivity contribution in [1.29, 1.82) is 0 Å². The van der Waals surface area contributed by atoms with Gasteiger partial charge in [0.1, 0.15) is 5.75 Å². The van der Waals surface area contributed by atoms with Gasteiger partial charge in [-0.3, -0.25) is 4.79 Å². The number of hydrogen-bond donors (Lipinski definition) is 0. The van der Waals surface area contributed by atoms with Crippen molar-refractivity contribution < 1.29 is 9.53 Å². The van der Waals surface area contributed by atoms with Crippen LogP contribution in [0.1, 0.15) is 32.6 Å². The van der Waals surface area contributed by atoms with Crippen LogP contribution in [0.3, 0.4) is 0 Å². The van der Waals surface area contributed by atoms with Crippen molar-refractivity contribution in [3.05, 3.63) is 64.2 Å². The molecule has 98 valence electrons. The predicted molar refractivity (Wildman–Crippen MR) is 77.1 cm³/mol. The summed E-state index contributed by atoms with van der Waals surface area (Å²) in [5.74, 6) is 0.778. The van der Waals surface area contributed by atoms with E-state index < -0.39 is 0 Å². The summed E-state index contributed by atoms with van der Waals surface area (Å²) < 4.78 is 5.27. The molecule has 0 fully saturated rings. The van der Waals surface area contributed by atoms with E-state index in [1.54, 1.807) is 13.2 Å². The number of carbonyl (C=O) groups is 1. The van der Waals surface area contributed by atoms with Gasteiger partial charge in [-0.25, -0.2) is 0 Å². The average Bonchev–Trinajstić information content (AvgIpc) is 2.37.